The zero-order valence-electron chi connectivity index (χ0n) is 13.2. The first-order valence-corrected chi connectivity index (χ1v) is 7.82. The second-order valence-electron chi connectivity index (χ2n) is 4.89. The standard InChI is InChI=1S/C16H15BrN4O3/c1-10-11(9-18)15(22)21(7-8-24-2)16(23)14(10)20-19-13-6-4-3-5-12(13)17/h3-6,22H,7-8H2,1-2H3. The number of nitriles is 1. The van der Waals surface area contributed by atoms with Crippen LogP contribution in [-0.2, 0) is 11.3 Å². The van der Waals surface area contributed by atoms with E-state index in [1.807, 2.05) is 12.1 Å². The second-order valence-corrected chi connectivity index (χ2v) is 5.74. The summed E-state index contributed by atoms with van der Waals surface area (Å²) >= 11 is 3.35. The van der Waals surface area contributed by atoms with Crippen molar-refractivity contribution in [2.45, 2.75) is 13.5 Å². The zero-order chi connectivity index (χ0) is 17.7. The van der Waals surface area contributed by atoms with Gasteiger partial charge in [0.05, 0.1) is 18.8 Å². The van der Waals surface area contributed by atoms with E-state index in [0.717, 1.165) is 9.04 Å². The number of aromatic hydroxyl groups is 1. The number of rotatable bonds is 5. The van der Waals surface area contributed by atoms with Gasteiger partial charge >= 0.3 is 0 Å². The third-order valence-electron chi connectivity index (χ3n) is 3.40. The summed E-state index contributed by atoms with van der Waals surface area (Å²) in [4.78, 5) is 12.6. The molecule has 0 atom stereocenters. The van der Waals surface area contributed by atoms with Gasteiger partial charge < -0.3 is 9.84 Å². The molecule has 0 saturated carbocycles. The van der Waals surface area contributed by atoms with Crippen LogP contribution in [0.15, 0.2) is 43.8 Å². The van der Waals surface area contributed by atoms with E-state index < -0.39 is 11.4 Å². The molecule has 0 aliphatic carbocycles. The summed E-state index contributed by atoms with van der Waals surface area (Å²) in [5.74, 6) is -0.392. The molecular formula is C16H15BrN4O3. The maximum Gasteiger partial charge on any atom is 0.281 e. The summed E-state index contributed by atoms with van der Waals surface area (Å²) in [5, 5.41) is 27.5. The number of benzene rings is 1. The number of aromatic nitrogens is 1. The molecule has 124 valence electrons. The van der Waals surface area contributed by atoms with Gasteiger partial charge in [-0.1, -0.05) is 12.1 Å². The molecule has 1 N–H and O–H groups in total. The molecule has 0 unspecified atom stereocenters. The molecule has 0 radical (unpaired) electrons. The molecule has 1 aromatic carbocycles. The summed E-state index contributed by atoms with van der Waals surface area (Å²) in [6, 6.07) is 9.06. The molecule has 0 bridgehead atoms. The third kappa shape index (κ3) is 3.53. The van der Waals surface area contributed by atoms with Crippen molar-refractivity contribution < 1.29 is 9.84 Å². The topological polar surface area (TPSA) is 100.0 Å². The highest BCUT2D eigenvalue weighted by atomic mass is 79.9. The fourth-order valence-corrected chi connectivity index (χ4v) is 2.45. The molecule has 1 aromatic heterocycles. The monoisotopic (exact) mass is 390 g/mol. The molecule has 2 aromatic rings. The number of hydrogen-bond donors (Lipinski definition) is 1. The minimum absolute atomic E-state index is 0.00761. The number of pyridine rings is 1. The number of hydrogen-bond acceptors (Lipinski definition) is 6. The first-order chi connectivity index (χ1) is 11.5. The van der Waals surface area contributed by atoms with Crippen LogP contribution in [0.1, 0.15) is 11.1 Å². The maximum absolute atomic E-state index is 12.6. The Morgan fingerprint density at radius 2 is 2.08 bits per heavy atom. The Morgan fingerprint density at radius 1 is 1.38 bits per heavy atom. The van der Waals surface area contributed by atoms with Gasteiger partial charge in [0.15, 0.2) is 5.69 Å². The predicted octanol–water partition coefficient (Wildman–Crippen LogP) is 3.56. The van der Waals surface area contributed by atoms with Crippen LogP contribution in [0.25, 0.3) is 0 Å². The average molecular weight is 391 g/mol. The van der Waals surface area contributed by atoms with Gasteiger partial charge in [0.25, 0.3) is 5.56 Å². The molecular weight excluding hydrogens is 376 g/mol. The third-order valence-corrected chi connectivity index (χ3v) is 4.07. The van der Waals surface area contributed by atoms with Crippen LogP contribution in [0.3, 0.4) is 0 Å². The molecule has 0 fully saturated rings. The fourth-order valence-electron chi connectivity index (χ4n) is 2.08. The van der Waals surface area contributed by atoms with Crippen LogP contribution in [-0.4, -0.2) is 23.4 Å². The van der Waals surface area contributed by atoms with Gasteiger partial charge in [-0.2, -0.15) is 5.26 Å². The fraction of sp³-hybridized carbons (Fsp3) is 0.250. The highest BCUT2D eigenvalue weighted by molar-refractivity contribution is 9.10. The van der Waals surface area contributed by atoms with Crippen LogP contribution >= 0.6 is 15.9 Å². The second kappa shape index (κ2) is 7.86. The largest absolute Gasteiger partial charge is 0.493 e. The van der Waals surface area contributed by atoms with E-state index in [0.29, 0.717) is 5.69 Å². The van der Waals surface area contributed by atoms with Gasteiger partial charge in [-0.15, -0.1) is 10.2 Å². The van der Waals surface area contributed by atoms with Crippen LogP contribution in [0.2, 0.25) is 0 Å². The molecule has 0 aliphatic heterocycles. The van der Waals surface area contributed by atoms with Crippen molar-refractivity contribution in [3.8, 4) is 11.9 Å². The Hall–Kier alpha value is -2.50. The van der Waals surface area contributed by atoms with E-state index in [1.165, 1.54) is 7.11 Å². The van der Waals surface area contributed by atoms with Crippen molar-refractivity contribution >= 4 is 27.3 Å². The summed E-state index contributed by atoms with van der Waals surface area (Å²) in [5.41, 5.74) is 0.302. The van der Waals surface area contributed by atoms with Crippen molar-refractivity contribution in [2.75, 3.05) is 13.7 Å². The predicted molar refractivity (Wildman–Crippen MR) is 92.0 cm³/mol. The Morgan fingerprint density at radius 3 is 2.71 bits per heavy atom. The van der Waals surface area contributed by atoms with Crippen molar-refractivity contribution in [3.05, 3.63) is 50.2 Å². The smallest absolute Gasteiger partial charge is 0.281 e. The van der Waals surface area contributed by atoms with Gasteiger partial charge in [-0.3, -0.25) is 9.36 Å². The van der Waals surface area contributed by atoms with Crippen molar-refractivity contribution in [2.24, 2.45) is 10.2 Å². The summed E-state index contributed by atoms with van der Waals surface area (Å²) in [7, 11) is 1.48. The molecule has 0 aliphatic rings. The zero-order valence-corrected chi connectivity index (χ0v) is 14.7. The van der Waals surface area contributed by atoms with Crippen molar-refractivity contribution in [3.63, 3.8) is 0 Å². The van der Waals surface area contributed by atoms with E-state index in [4.69, 9.17) is 4.74 Å². The Balaban J connectivity index is 2.59. The molecule has 0 saturated heterocycles. The van der Waals surface area contributed by atoms with Gasteiger partial charge in [0.2, 0.25) is 5.88 Å². The van der Waals surface area contributed by atoms with Gasteiger partial charge in [-0.05, 0) is 35.0 Å². The maximum atomic E-state index is 12.6. The van der Waals surface area contributed by atoms with Gasteiger partial charge in [0.1, 0.15) is 11.6 Å². The number of halogens is 1. The van der Waals surface area contributed by atoms with Crippen LogP contribution in [0.5, 0.6) is 5.88 Å². The molecule has 0 spiro atoms. The van der Waals surface area contributed by atoms with Gasteiger partial charge in [-0.25, -0.2) is 0 Å². The van der Waals surface area contributed by atoms with Crippen LogP contribution < -0.4 is 5.56 Å². The lowest BCUT2D eigenvalue weighted by Gasteiger charge is -2.12. The number of azo groups is 1. The van der Waals surface area contributed by atoms with E-state index in [9.17, 15) is 15.2 Å². The van der Waals surface area contributed by atoms with E-state index in [-0.39, 0.29) is 30.0 Å². The van der Waals surface area contributed by atoms with Crippen LogP contribution in [0, 0.1) is 18.3 Å². The lowest BCUT2D eigenvalue weighted by Crippen LogP contribution is -2.23. The first-order valence-electron chi connectivity index (χ1n) is 7.03. The summed E-state index contributed by atoms with van der Waals surface area (Å²) in [6.07, 6.45) is 0. The van der Waals surface area contributed by atoms with Crippen molar-refractivity contribution in [1.29, 1.82) is 5.26 Å². The lowest BCUT2D eigenvalue weighted by atomic mass is 10.1. The lowest BCUT2D eigenvalue weighted by molar-refractivity contribution is 0.182. The SMILES string of the molecule is COCCn1c(O)c(C#N)c(C)c(N=Nc2ccccc2Br)c1=O. The Kier molecular flexibility index (Phi) is 5.84. The molecule has 8 heteroatoms. The highest BCUT2D eigenvalue weighted by Gasteiger charge is 2.19. The van der Waals surface area contributed by atoms with E-state index >= 15 is 0 Å². The number of methoxy groups -OCH3 is 1. The van der Waals surface area contributed by atoms with Gasteiger partial charge in [0, 0.05) is 17.1 Å². The number of ether oxygens (including phenoxy) is 1. The normalized spacial score (nSPS) is 10.9. The quantitative estimate of drug-likeness (QED) is 0.788. The molecule has 2 rings (SSSR count). The minimum Gasteiger partial charge on any atom is -0.493 e. The Labute approximate surface area is 147 Å². The summed E-state index contributed by atoms with van der Waals surface area (Å²) < 4.78 is 6.72. The first kappa shape index (κ1) is 17.8. The number of nitrogens with zero attached hydrogens (tertiary/aromatic N) is 4. The Bertz CT molecular complexity index is 884. The molecule has 7 nitrogen and oxygen atoms in total. The average Bonchev–Trinajstić information content (AvgIpc) is 2.56. The molecule has 1 heterocycles. The van der Waals surface area contributed by atoms with Crippen LogP contribution in [0.4, 0.5) is 11.4 Å². The minimum atomic E-state index is -0.531. The highest BCUT2D eigenvalue weighted by Crippen LogP contribution is 2.29. The van der Waals surface area contributed by atoms with E-state index in [2.05, 4.69) is 26.2 Å². The van der Waals surface area contributed by atoms with E-state index in [1.54, 1.807) is 25.1 Å². The summed E-state index contributed by atoms with van der Waals surface area (Å²) in [6.45, 7) is 1.87. The molecule has 24 heavy (non-hydrogen) atoms. The van der Waals surface area contributed by atoms with Crippen molar-refractivity contribution in [1.82, 2.24) is 4.57 Å². The molecule has 0 amide bonds.